The van der Waals surface area contributed by atoms with Crippen LogP contribution in [0, 0.1) is 22.7 Å². The minimum absolute atomic E-state index is 0.484. The number of hydrogen-bond donors (Lipinski definition) is 0. The van der Waals surface area contributed by atoms with Crippen molar-refractivity contribution in [2.24, 2.45) is 0 Å². The monoisotopic (exact) mass is 523 g/mol. The van der Waals surface area contributed by atoms with Gasteiger partial charge in [-0.2, -0.15) is 10.5 Å². The molecule has 1 heterocycles. The highest BCUT2D eigenvalue weighted by Gasteiger charge is 2.19. The van der Waals surface area contributed by atoms with Crippen molar-refractivity contribution >= 4 is 32.6 Å². The summed E-state index contributed by atoms with van der Waals surface area (Å²) in [4.78, 5) is 0. The second kappa shape index (κ2) is 9.83. The molecule has 0 amide bonds. The lowest BCUT2D eigenvalue weighted by Gasteiger charge is -2.17. The van der Waals surface area contributed by atoms with Gasteiger partial charge in [-0.15, -0.1) is 0 Å². The minimum atomic E-state index is 0.484. The fourth-order valence-corrected chi connectivity index (χ4v) is 6.14. The van der Waals surface area contributed by atoms with E-state index in [0.29, 0.717) is 11.1 Å². The zero-order valence-electron chi connectivity index (χ0n) is 22.6. The smallest absolute Gasteiger partial charge is 0.0992 e. The lowest BCUT2D eigenvalue weighted by Crippen LogP contribution is -1.96. The second-order valence-corrected chi connectivity index (χ2v) is 10.3. The molecule has 7 aromatic rings. The summed E-state index contributed by atoms with van der Waals surface area (Å²) in [7, 11) is 0. The number of hydrogen-bond acceptors (Lipinski definition) is 2. The molecule has 3 nitrogen and oxygen atoms in total. The molecule has 0 radical (unpaired) electrons. The molecule has 0 aliphatic carbocycles. The van der Waals surface area contributed by atoms with Crippen LogP contribution in [0.25, 0.3) is 60.5 Å². The van der Waals surface area contributed by atoms with Crippen molar-refractivity contribution in [2.45, 2.75) is 13.3 Å². The molecule has 0 spiro atoms. The lowest BCUT2D eigenvalue weighted by molar-refractivity contribution is 1.15. The topological polar surface area (TPSA) is 52.5 Å². The number of rotatable bonds is 4. The normalized spacial score (nSPS) is 11.1. The van der Waals surface area contributed by atoms with Crippen molar-refractivity contribution in [2.75, 3.05) is 0 Å². The van der Waals surface area contributed by atoms with Gasteiger partial charge in [0.25, 0.3) is 0 Å². The SMILES string of the molecule is CCc1cc(-c2cc(C#N)cc(C#N)c2)c2c(-c3cccc4c5ccccc5n(-c5ccccc5)c34)cccc2c1. The molecule has 192 valence electrons. The molecule has 3 heteroatoms. The van der Waals surface area contributed by atoms with Gasteiger partial charge in [-0.25, -0.2) is 0 Å². The summed E-state index contributed by atoms with van der Waals surface area (Å²) in [5, 5.41) is 24.1. The van der Waals surface area contributed by atoms with Crippen molar-refractivity contribution in [3.8, 4) is 40.1 Å². The number of fused-ring (bicyclic) bond motifs is 4. The first kappa shape index (κ1) is 24.4. The van der Waals surface area contributed by atoms with Gasteiger partial charge in [0, 0.05) is 22.0 Å². The Morgan fingerprint density at radius 3 is 2.05 bits per heavy atom. The van der Waals surface area contributed by atoms with E-state index in [0.717, 1.165) is 56.2 Å². The van der Waals surface area contributed by atoms with E-state index in [2.05, 4.69) is 121 Å². The lowest BCUT2D eigenvalue weighted by atomic mass is 9.88. The third-order valence-electron chi connectivity index (χ3n) is 7.95. The van der Waals surface area contributed by atoms with Gasteiger partial charge in [0.1, 0.15) is 0 Å². The first-order valence-corrected chi connectivity index (χ1v) is 13.8. The molecule has 0 aliphatic rings. The van der Waals surface area contributed by atoms with Crippen molar-refractivity contribution in [3.05, 3.63) is 138 Å². The molecule has 6 aromatic carbocycles. The summed E-state index contributed by atoms with van der Waals surface area (Å²) in [6.07, 6.45) is 0.883. The Balaban J connectivity index is 1.64. The quantitative estimate of drug-likeness (QED) is 0.231. The predicted molar refractivity (Wildman–Crippen MR) is 168 cm³/mol. The first-order valence-electron chi connectivity index (χ1n) is 13.8. The molecule has 1 aromatic heterocycles. The third kappa shape index (κ3) is 3.96. The summed E-state index contributed by atoms with van der Waals surface area (Å²) in [5.41, 5.74) is 9.77. The van der Waals surface area contributed by atoms with Crippen LogP contribution in [-0.4, -0.2) is 4.57 Å². The van der Waals surface area contributed by atoms with E-state index in [1.54, 1.807) is 6.07 Å². The van der Waals surface area contributed by atoms with E-state index in [1.807, 2.05) is 18.2 Å². The molecule has 0 aliphatic heterocycles. The number of para-hydroxylation sites is 3. The van der Waals surface area contributed by atoms with E-state index in [1.165, 1.54) is 16.3 Å². The maximum Gasteiger partial charge on any atom is 0.0992 e. The van der Waals surface area contributed by atoms with Crippen LogP contribution in [0.5, 0.6) is 0 Å². The van der Waals surface area contributed by atoms with Crippen LogP contribution in [0.2, 0.25) is 0 Å². The van der Waals surface area contributed by atoms with E-state index in [4.69, 9.17) is 0 Å². The highest BCUT2D eigenvalue weighted by Crippen LogP contribution is 2.43. The summed E-state index contributed by atoms with van der Waals surface area (Å²) >= 11 is 0. The zero-order valence-corrected chi connectivity index (χ0v) is 22.6. The maximum absolute atomic E-state index is 9.74. The van der Waals surface area contributed by atoms with Crippen LogP contribution < -0.4 is 0 Å². The average Bonchev–Trinajstić information content (AvgIpc) is 3.38. The molecule has 0 N–H and O–H groups in total. The fourth-order valence-electron chi connectivity index (χ4n) is 6.14. The molecule has 0 bridgehead atoms. The predicted octanol–water partition coefficient (Wildman–Crippen LogP) is 9.58. The van der Waals surface area contributed by atoms with Gasteiger partial charge >= 0.3 is 0 Å². The molecule has 0 fully saturated rings. The fraction of sp³-hybridized carbons (Fsp3) is 0.0526. The van der Waals surface area contributed by atoms with Gasteiger partial charge in [0.05, 0.1) is 34.3 Å². The van der Waals surface area contributed by atoms with Gasteiger partial charge in [-0.3, -0.25) is 0 Å². The largest absolute Gasteiger partial charge is 0.309 e. The average molecular weight is 524 g/mol. The van der Waals surface area contributed by atoms with E-state index >= 15 is 0 Å². The van der Waals surface area contributed by atoms with Crippen molar-refractivity contribution in [1.82, 2.24) is 4.57 Å². The number of aromatic nitrogens is 1. The van der Waals surface area contributed by atoms with Crippen LogP contribution in [0.15, 0.2) is 121 Å². The Morgan fingerprint density at radius 2 is 1.29 bits per heavy atom. The zero-order chi connectivity index (χ0) is 27.9. The molecular formula is C38H25N3. The molecule has 0 unspecified atom stereocenters. The molecule has 41 heavy (non-hydrogen) atoms. The van der Waals surface area contributed by atoms with Crippen molar-refractivity contribution in [1.29, 1.82) is 10.5 Å². The number of aryl methyl sites for hydroxylation is 1. The summed E-state index contributed by atoms with van der Waals surface area (Å²) in [6, 6.07) is 46.5. The first-order chi connectivity index (χ1) is 20.2. The summed E-state index contributed by atoms with van der Waals surface area (Å²) in [5.74, 6) is 0. The Bertz CT molecular complexity index is 2170. The van der Waals surface area contributed by atoms with Gasteiger partial charge in [0.15, 0.2) is 0 Å². The Hall–Kier alpha value is -5.64. The van der Waals surface area contributed by atoms with Crippen LogP contribution >= 0.6 is 0 Å². The van der Waals surface area contributed by atoms with Crippen LogP contribution in [0.1, 0.15) is 23.6 Å². The molecular weight excluding hydrogens is 498 g/mol. The van der Waals surface area contributed by atoms with Crippen molar-refractivity contribution < 1.29 is 0 Å². The van der Waals surface area contributed by atoms with E-state index in [-0.39, 0.29) is 0 Å². The molecule has 7 rings (SSSR count). The van der Waals surface area contributed by atoms with Crippen molar-refractivity contribution in [3.63, 3.8) is 0 Å². The Morgan fingerprint density at radius 1 is 0.610 bits per heavy atom. The Labute approximate surface area is 238 Å². The summed E-state index contributed by atoms with van der Waals surface area (Å²) < 4.78 is 2.36. The van der Waals surface area contributed by atoms with Crippen LogP contribution in [-0.2, 0) is 6.42 Å². The van der Waals surface area contributed by atoms with Crippen LogP contribution in [0.3, 0.4) is 0 Å². The number of nitrogens with zero attached hydrogens (tertiary/aromatic N) is 3. The standard InChI is InChI=1S/C38H25N3/c1-2-25-19-28-10-8-14-32(37(28)35(22-25)29-20-26(23-39)18-27(21-29)24-40)34-16-9-15-33-31-13-6-7-17-36(31)41(38(33)34)30-11-4-3-5-12-30/h3-22H,2H2,1H3. The highest BCUT2D eigenvalue weighted by molar-refractivity contribution is 6.17. The molecule has 0 saturated heterocycles. The van der Waals surface area contributed by atoms with E-state index in [9.17, 15) is 10.5 Å². The third-order valence-corrected chi connectivity index (χ3v) is 7.95. The maximum atomic E-state index is 9.74. The second-order valence-electron chi connectivity index (χ2n) is 10.3. The van der Waals surface area contributed by atoms with E-state index < -0.39 is 0 Å². The number of benzene rings is 6. The summed E-state index contributed by atoms with van der Waals surface area (Å²) in [6.45, 7) is 2.15. The van der Waals surface area contributed by atoms with Gasteiger partial charge in [-0.05, 0) is 75.8 Å². The number of nitriles is 2. The molecule has 0 saturated carbocycles. The van der Waals surface area contributed by atoms with Gasteiger partial charge in [-0.1, -0.05) is 91.9 Å². The van der Waals surface area contributed by atoms with Gasteiger partial charge < -0.3 is 4.57 Å². The minimum Gasteiger partial charge on any atom is -0.309 e. The Kier molecular flexibility index (Phi) is 5.85. The van der Waals surface area contributed by atoms with Gasteiger partial charge in [0.2, 0.25) is 0 Å². The molecule has 0 atom stereocenters. The highest BCUT2D eigenvalue weighted by atomic mass is 15.0. The van der Waals surface area contributed by atoms with Crippen LogP contribution in [0.4, 0.5) is 0 Å².